The van der Waals surface area contributed by atoms with Crippen molar-refractivity contribution in [2.24, 2.45) is 0 Å². The number of fused-ring (bicyclic) bond motifs is 1. The second-order valence-electron chi connectivity index (χ2n) is 5.33. The molecule has 2 amide bonds. The molecule has 6 heteroatoms. The van der Waals surface area contributed by atoms with Crippen LogP contribution in [0.25, 0.3) is 0 Å². The first-order valence-electron chi connectivity index (χ1n) is 7.27. The Balaban J connectivity index is 1.90. The summed E-state index contributed by atoms with van der Waals surface area (Å²) in [7, 11) is 0. The maximum Gasteiger partial charge on any atom is 0.265 e. The molecule has 21 heavy (non-hydrogen) atoms. The number of nitrogens with one attached hydrogen (secondary N) is 2. The molecule has 1 atom stereocenters. The molecule has 1 unspecified atom stereocenters. The van der Waals surface area contributed by atoms with E-state index in [1.54, 1.807) is 25.1 Å². The van der Waals surface area contributed by atoms with Gasteiger partial charge in [-0.15, -0.1) is 0 Å². The molecule has 1 aromatic carbocycles. The van der Waals surface area contributed by atoms with Crippen LogP contribution in [-0.2, 0) is 4.79 Å². The summed E-state index contributed by atoms with van der Waals surface area (Å²) in [4.78, 5) is 26.2. The second kappa shape index (κ2) is 5.73. The summed E-state index contributed by atoms with van der Waals surface area (Å²) in [5, 5.41) is 6.05. The second-order valence-corrected chi connectivity index (χ2v) is 5.33. The predicted molar refractivity (Wildman–Crippen MR) is 78.6 cm³/mol. The number of hydrogen-bond donors (Lipinski definition) is 2. The lowest BCUT2D eigenvalue weighted by Gasteiger charge is -2.27. The number of hydrogen-bond acceptors (Lipinski definition) is 4. The highest BCUT2D eigenvalue weighted by Crippen LogP contribution is 2.34. The van der Waals surface area contributed by atoms with E-state index in [0.717, 1.165) is 26.1 Å². The smallest absolute Gasteiger partial charge is 0.265 e. The van der Waals surface area contributed by atoms with E-state index in [4.69, 9.17) is 4.74 Å². The Kier molecular flexibility index (Phi) is 3.79. The number of rotatable bonds is 1. The first kappa shape index (κ1) is 13.9. The monoisotopic (exact) mass is 289 g/mol. The zero-order valence-electron chi connectivity index (χ0n) is 12.0. The van der Waals surface area contributed by atoms with Crippen molar-refractivity contribution in [2.45, 2.75) is 19.4 Å². The summed E-state index contributed by atoms with van der Waals surface area (Å²) in [5.74, 6) is 0.247. The summed E-state index contributed by atoms with van der Waals surface area (Å²) in [6.07, 6.45) is 0.353. The van der Waals surface area contributed by atoms with Gasteiger partial charge in [-0.2, -0.15) is 0 Å². The van der Waals surface area contributed by atoms with Gasteiger partial charge in [0.2, 0.25) is 0 Å². The first-order chi connectivity index (χ1) is 10.2. The van der Waals surface area contributed by atoms with Crippen LogP contribution in [-0.4, -0.2) is 49.0 Å². The zero-order valence-corrected chi connectivity index (χ0v) is 12.0. The summed E-state index contributed by atoms with van der Waals surface area (Å²) in [6.45, 7) is 4.83. The van der Waals surface area contributed by atoms with Crippen LogP contribution in [0, 0.1) is 0 Å². The minimum absolute atomic E-state index is 0.0427. The van der Waals surface area contributed by atoms with Crippen LogP contribution in [0.1, 0.15) is 23.7 Å². The molecule has 1 saturated heterocycles. The average Bonchev–Trinajstić information content (AvgIpc) is 2.76. The Morgan fingerprint density at radius 3 is 3.05 bits per heavy atom. The zero-order chi connectivity index (χ0) is 14.8. The number of nitrogens with zero attached hydrogens (tertiary/aromatic N) is 1. The molecule has 0 aromatic heterocycles. The molecular weight excluding hydrogens is 270 g/mol. The lowest BCUT2D eigenvalue weighted by Crippen LogP contribution is -2.37. The third kappa shape index (κ3) is 2.71. The Hall–Kier alpha value is -2.08. The van der Waals surface area contributed by atoms with Crippen molar-refractivity contribution in [3.8, 4) is 5.75 Å². The SMILES string of the molecule is CC1Oc2c(cccc2C(=O)N2CCCNCC2)NC1=O. The quantitative estimate of drug-likeness (QED) is 0.804. The number of anilines is 1. The van der Waals surface area contributed by atoms with E-state index in [9.17, 15) is 9.59 Å². The summed E-state index contributed by atoms with van der Waals surface area (Å²) < 4.78 is 5.64. The lowest BCUT2D eigenvalue weighted by molar-refractivity contribution is -0.122. The van der Waals surface area contributed by atoms with Crippen LogP contribution in [0.3, 0.4) is 0 Å². The maximum absolute atomic E-state index is 12.7. The van der Waals surface area contributed by atoms with Gasteiger partial charge in [0.1, 0.15) is 0 Å². The third-order valence-electron chi connectivity index (χ3n) is 3.79. The first-order valence-corrected chi connectivity index (χ1v) is 7.27. The predicted octanol–water partition coefficient (Wildman–Crippen LogP) is 0.841. The van der Waals surface area contributed by atoms with Gasteiger partial charge in [-0.3, -0.25) is 9.59 Å². The molecule has 0 bridgehead atoms. The van der Waals surface area contributed by atoms with Gasteiger partial charge in [-0.25, -0.2) is 0 Å². The number of ether oxygens (including phenoxy) is 1. The highest BCUT2D eigenvalue weighted by atomic mass is 16.5. The van der Waals surface area contributed by atoms with E-state index in [2.05, 4.69) is 10.6 Å². The molecule has 3 rings (SSSR count). The van der Waals surface area contributed by atoms with Crippen molar-refractivity contribution in [3.63, 3.8) is 0 Å². The molecular formula is C15H19N3O3. The van der Waals surface area contributed by atoms with Crippen LogP contribution in [0.2, 0.25) is 0 Å². The molecule has 1 fully saturated rings. The molecule has 0 radical (unpaired) electrons. The largest absolute Gasteiger partial charge is 0.478 e. The normalized spacial score (nSPS) is 21.9. The van der Waals surface area contributed by atoms with E-state index in [-0.39, 0.29) is 11.8 Å². The number of benzene rings is 1. The van der Waals surface area contributed by atoms with E-state index >= 15 is 0 Å². The van der Waals surface area contributed by atoms with Gasteiger partial charge in [0, 0.05) is 19.6 Å². The van der Waals surface area contributed by atoms with E-state index < -0.39 is 6.10 Å². The highest BCUT2D eigenvalue weighted by Gasteiger charge is 2.29. The summed E-state index contributed by atoms with van der Waals surface area (Å²) in [5.41, 5.74) is 1.08. The van der Waals surface area contributed by atoms with Gasteiger partial charge >= 0.3 is 0 Å². The molecule has 112 valence electrons. The molecule has 2 heterocycles. The van der Waals surface area contributed by atoms with Gasteiger partial charge in [0.05, 0.1) is 11.3 Å². The fraction of sp³-hybridized carbons (Fsp3) is 0.467. The fourth-order valence-electron chi connectivity index (χ4n) is 2.61. The average molecular weight is 289 g/mol. The molecule has 2 aliphatic heterocycles. The number of para-hydroxylation sites is 1. The summed E-state index contributed by atoms with van der Waals surface area (Å²) >= 11 is 0. The number of amides is 2. The number of carbonyl (C=O) groups is 2. The standard InChI is InChI=1S/C15H19N3O3/c1-10-14(19)17-12-5-2-4-11(13(12)21-10)15(20)18-8-3-6-16-7-9-18/h2,4-5,10,16H,3,6-9H2,1H3,(H,17,19). The van der Waals surface area contributed by atoms with Gasteiger partial charge in [-0.1, -0.05) is 6.07 Å². The molecule has 0 aliphatic carbocycles. The Morgan fingerprint density at radius 2 is 2.19 bits per heavy atom. The molecule has 1 aromatic rings. The van der Waals surface area contributed by atoms with Crippen molar-refractivity contribution in [3.05, 3.63) is 23.8 Å². The van der Waals surface area contributed by atoms with Crippen LogP contribution in [0.5, 0.6) is 5.75 Å². The Labute approximate surface area is 123 Å². The van der Waals surface area contributed by atoms with Crippen LogP contribution < -0.4 is 15.4 Å². The molecule has 2 N–H and O–H groups in total. The van der Waals surface area contributed by atoms with Crippen molar-refractivity contribution in [1.82, 2.24) is 10.2 Å². The van der Waals surface area contributed by atoms with Gasteiger partial charge in [-0.05, 0) is 32.0 Å². The fourth-order valence-corrected chi connectivity index (χ4v) is 2.61. The molecule has 0 spiro atoms. The van der Waals surface area contributed by atoms with Gasteiger partial charge in [0.25, 0.3) is 11.8 Å². The van der Waals surface area contributed by atoms with Crippen LogP contribution in [0.15, 0.2) is 18.2 Å². The van der Waals surface area contributed by atoms with Crippen LogP contribution >= 0.6 is 0 Å². The Bertz CT molecular complexity index is 565. The molecule has 2 aliphatic rings. The van der Waals surface area contributed by atoms with E-state index in [0.29, 0.717) is 23.5 Å². The van der Waals surface area contributed by atoms with Gasteiger partial charge in [0.15, 0.2) is 11.9 Å². The van der Waals surface area contributed by atoms with Crippen molar-refractivity contribution < 1.29 is 14.3 Å². The van der Waals surface area contributed by atoms with Crippen molar-refractivity contribution in [1.29, 1.82) is 0 Å². The van der Waals surface area contributed by atoms with Crippen LogP contribution in [0.4, 0.5) is 5.69 Å². The molecule has 6 nitrogen and oxygen atoms in total. The van der Waals surface area contributed by atoms with Crippen molar-refractivity contribution >= 4 is 17.5 Å². The molecule has 0 saturated carbocycles. The number of carbonyl (C=O) groups excluding carboxylic acids is 2. The summed E-state index contributed by atoms with van der Waals surface area (Å²) in [6, 6.07) is 5.27. The van der Waals surface area contributed by atoms with Gasteiger partial charge < -0.3 is 20.3 Å². The Morgan fingerprint density at radius 1 is 1.33 bits per heavy atom. The maximum atomic E-state index is 12.7. The van der Waals surface area contributed by atoms with E-state index in [1.807, 2.05) is 4.90 Å². The van der Waals surface area contributed by atoms with Crippen molar-refractivity contribution in [2.75, 3.05) is 31.5 Å². The third-order valence-corrected chi connectivity index (χ3v) is 3.79. The highest BCUT2D eigenvalue weighted by molar-refractivity contribution is 6.04. The minimum atomic E-state index is -0.586. The minimum Gasteiger partial charge on any atom is -0.478 e. The lowest BCUT2D eigenvalue weighted by atomic mass is 10.1. The van der Waals surface area contributed by atoms with E-state index in [1.165, 1.54) is 0 Å². The topological polar surface area (TPSA) is 70.7 Å².